The number of hydrogen-bond donors (Lipinski definition) is 2. The average Bonchev–Trinajstić information content (AvgIpc) is 3.48. The van der Waals surface area contributed by atoms with Gasteiger partial charge in [-0.1, -0.05) is 36.4 Å². The number of fused-ring (bicyclic) bond motifs is 12. The molecule has 0 spiro atoms. The second-order valence-electron chi connectivity index (χ2n) is 8.95. The fraction of sp³-hybridized carbons (Fsp3) is 0.259. The molecular formula is C27H25N3O4. The maximum Gasteiger partial charge on any atom is 0.259 e. The molecule has 2 amide bonds. The van der Waals surface area contributed by atoms with Crippen molar-refractivity contribution in [1.29, 1.82) is 0 Å². The Morgan fingerprint density at radius 3 is 2.00 bits per heavy atom. The first-order chi connectivity index (χ1) is 16.7. The van der Waals surface area contributed by atoms with Crippen LogP contribution >= 0.6 is 0 Å². The Morgan fingerprint density at radius 2 is 1.41 bits per heavy atom. The van der Waals surface area contributed by atoms with E-state index < -0.39 is 0 Å². The summed E-state index contributed by atoms with van der Waals surface area (Å²) in [5, 5.41) is 14.3. The zero-order valence-electron chi connectivity index (χ0n) is 18.7. The van der Waals surface area contributed by atoms with Gasteiger partial charge in [-0.3, -0.25) is 14.9 Å². The molecule has 1 atom stereocenters. The monoisotopic (exact) mass is 455 g/mol. The van der Waals surface area contributed by atoms with Gasteiger partial charge in [0.15, 0.2) is 0 Å². The standard InChI is InChI=1S/C27H25N3O4/c31-15-17-9-10-29-13-20(18-5-1-3-7-22(18)29)24-25(27(33)28-26(24)32)21-14-30(11-12-34-16-17)23-8-4-2-6-19(21)23/h1-8,13-14,17,31H,9-12,15-16H2,(H,28,32,33). The van der Waals surface area contributed by atoms with Crippen LogP contribution in [0, 0.1) is 5.92 Å². The first-order valence-corrected chi connectivity index (χ1v) is 11.6. The number of aliphatic hydroxyl groups is 1. The summed E-state index contributed by atoms with van der Waals surface area (Å²) in [6.07, 6.45) is 4.65. The van der Waals surface area contributed by atoms with Crippen LogP contribution in [0.4, 0.5) is 0 Å². The van der Waals surface area contributed by atoms with Gasteiger partial charge in [-0.25, -0.2) is 0 Å². The fourth-order valence-electron chi connectivity index (χ4n) is 5.19. The summed E-state index contributed by atoms with van der Waals surface area (Å²) in [7, 11) is 0. The van der Waals surface area contributed by atoms with Crippen LogP contribution in [0.5, 0.6) is 0 Å². The Hall–Kier alpha value is -3.68. The van der Waals surface area contributed by atoms with Gasteiger partial charge in [-0.15, -0.1) is 0 Å². The van der Waals surface area contributed by atoms with Crippen LogP contribution in [-0.4, -0.2) is 45.9 Å². The van der Waals surface area contributed by atoms with Gasteiger partial charge >= 0.3 is 0 Å². The Kier molecular flexibility index (Phi) is 5.08. The van der Waals surface area contributed by atoms with E-state index in [-0.39, 0.29) is 24.3 Å². The van der Waals surface area contributed by atoms with Gasteiger partial charge in [0, 0.05) is 70.9 Å². The minimum absolute atomic E-state index is 0.0119. The first kappa shape index (κ1) is 20.9. The SMILES string of the molecule is O=C1NC(=O)C2=C1c1cn(c3ccccc13)CCOCC(CO)CCn1cc2c2ccccc21. The van der Waals surface area contributed by atoms with Crippen LogP contribution in [0.25, 0.3) is 33.0 Å². The molecule has 7 nitrogen and oxygen atoms in total. The third-order valence-electron chi connectivity index (χ3n) is 6.91. The molecule has 4 aromatic rings. The number of nitrogens with zero attached hydrogens (tertiary/aromatic N) is 2. The fourth-order valence-corrected chi connectivity index (χ4v) is 5.19. The predicted molar refractivity (Wildman–Crippen MR) is 130 cm³/mol. The maximum atomic E-state index is 13.2. The van der Waals surface area contributed by atoms with Gasteiger partial charge in [0.05, 0.1) is 24.4 Å². The molecule has 2 aliphatic rings. The lowest BCUT2D eigenvalue weighted by atomic mass is 9.95. The van der Waals surface area contributed by atoms with Gasteiger partial charge in [-0.2, -0.15) is 0 Å². The summed E-state index contributed by atoms with van der Waals surface area (Å²) in [5.74, 6) is -0.737. The van der Waals surface area contributed by atoms with Crippen LogP contribution < -0.4 is 5.32 Å². The van der Waals surface area contributed by atoms with Crippen LogP contribution in [-0.2, 0) is 27.4 Å². The van der Waals surface area contributed by atoms with Crippen molar-refractivity contribution < 1.29 is 19.4 Å². The molecule has 172 valence electrons. The molecule has 34 heavy (non-hydrogen) atoms. The number of rotatable bonds is 1. The second kappa shape index (κ2) is 8.27. The van der Waals surface area contributed by atoms with Crippen molar-refractivity contribution in [3.63, 3.8) is 0 Å². The van der Waals surface area contributed by atoms with Gasteiger partial charge in [0.25, 0.3) is 11.8 Å². The topological polar surface area (TPSA) is 85.5 Å². The number of hydrogen-bond acceptors (Lipinski definition) is 4. The quantitative estimate of drug-likeness (QED) is 0.432. The normalized spacial score (nSPS) is 19.3. The molecule has 0 saturated heterocycles. The van der Waals surface area contributed by atoms with Crippen molar-refractivity contribution in [2.24, 2.45) is 5.92 Å². The molecule has 7 heteroatoms. The molecule has 2 aliphatic heterocycles. The minimum Gasteiger partial charge on any atom is -0.396 e. The number of nitrogens with one attached hydrogen (secondary N) is 1. The number of benzene rings is 2. The molecule has 0 aliphatic carbocycles. The average molecular weight is 456 g/mol. The van der Waals surface area contributed by atoms with Crippen molar-refractivity contribution in [1.82, 2.24) is 14.5 Å². The van der Waals surface area contributed by atoms with Crippen LogP contribution in [0.3, 0.4) is 0 Å². The van der Waals surface area contributed by atoms with E-state index in [1.54, 1.807) is 0 Å². The van der Waals surface area contributed by atoms with E-state index in [0.717, 1.165) is 39.4 Å². The zero-order chi connectivity index (χ0) is 23.2. The van der Waals surface area contributed by atoms with E-state index in [1.807, 2.05) is 60.9 Å². The van der Waals surface area contributed by atoms with Crippen LogP contribution in [0.1, 0.15) is 17.5 Å². The van der Waals surface area contributed by atoms with Crippen LogP contribution in [0.2, 0.25) is 0 Å². The third kappa shape index (κ3) is 3.28. The van der Waals surface area contributed by atoms with Crippen molar-refractivity contribution in [2.45, 2.75) is 19.5 Å². The molecule has 2 N–H and O–H groups in total. The summed E-state index contributed by atoms with van der Waals surface area (Å²) in [4.78, 5) is 26.3. The molecule has 4 heterocycles. The lowest BCUT2D eigenvalue weighted by Gasteiger charge is -2.16. The lowest BCUT2D eigenvalue weighted by Crippen LogP contribution is -2.22. The van der Waals surface area contributed by atoms with E-state index in [4.69, 9.17) is 4.74 Å². The van der Waals surface area contributed by atoms with E-state index in [1.165, 1.54) is 0 Å². The van der Waals surface area contributed by atoms with Gasteiger partial charge in [0.1, 0.15) is 0 Å². The number of para-hydroxylation sites is 2. The Balaban J connectivity index is 1.65. The molecule has 0 saturated carbocycles. The molecule has 2 aromatic heterocycles. The number of aliphatic hydroxyl groups excluding tert-OH is 1. The number of aromatic nitrogens is 2. The number of carbonyl (C=O) groups is 2. The highest BCUT2D eigenvalue weighted by atomic mass is 16.5. The molecule has 2 aromatic carbocycles. The predicted octanol–water partition coefficient (Wildman–Crippen LogP) is 3.19. The van der Waals surface area contributed by atoms with E-state index >= 15 is 0 Å². The molecule has 6 rings (SSSR count). The highest BCUT2D eigenvalue weighted by Crippen LogP contribution is 2.39. The van der Waals surface area contributed by atoms with Crippen molar-refractivity contribution in [3.05, 3.63) is 72.1 Å². The van der Waals surface area contributed by atoms with Crippen molar-refractivity contribution >= 4 is 44.8 Å². The first-order valence-electron chi connectivity index (χ1n) is 11.6. The molecule has 1 unspecified atom stereocenters. The summed E-state index contributed by atoms with van der Waals surface area (Å²) < 4.78 is 10.1. The highest BCUT2D eigenvalue weighted by Gasteiger charge is 2.35. The van der Waals surface area contributed by atoms with Gasteiger partial charge in [0.2, 0.25) is 0 Å². The number of carbonyl (C=O) groups excluding carboxylic acids is 2. The number of ether oxygens (including phenoxy) is 1. The Bertz CT molecular complexity index is 1480. The number of aryl methyl sites for hydroxylation is 1. The Labute approximate surface area is 196 Å². The van der Waals surface area contributed by atoms with Gasteiger partial charge in [-0.05, 0) is 18.6 Å². The second-order valence-corrected chi connectivity index (χ2v) is 8.95. The molecule has 0 fully saturated rings. The summed E-state index contributed by atoms with van der Waals surface area (Å²) >= 11 is 0. The smallest absolute Gasteiger partial charge is 0.259 e. The minimum atomic E-state index is -0.374. The Morgan fingerprint density at radius 1 is 0.853 bits per heavy atom. The summed E-state index contributed by atoms with van der Waals surface area (Å²) in [5.41, 5.74) is 4.28. The molecule has 4 bridgehead atoms. The molecule has 0 radical (unpaired) electrons. The number of amides is 2. The van der Waals surface area contributed by atoms with E-state index in [2.05, 4.69) is 14.5 Å². The lowest BCUT2D eigenvalue weighted by molar-refractivity contribution is -0.122. The van der Waals surface area contributed by atoms with Gasteiger partial charge < -0.3 is 19.0 Å². The zero-order valence-corrected chi connectivity index (χ0v) is 18.7. The number of imide groups is 1. The third-order valence-corrected chi connectivity index (χ3v) is 6.91. The maximum absolute atomic E-state index is 13.2. The molecular weight excluding hydrogens is 430 g/mol. The van der Waals surface area contributed by atoms with Crippen molar-refractivity contribution in [3.8, 4) is 0 Å². The van der Waals surface area contributed by atoms with Crippen LogP contribution in [0.15, 0.2) is 60.9 Å². The summed E-state index contributed by atoms with van der Waals surface area (Å²) in [6, 6.07) is 15.8. The van der Waals surface area contributed by atoms with Crippen molar-refractivity contribution in [2.75, 3.05) is 19.8 Å². The largest absolute Gasteiger partial charge is 0.396 e. The highest BCUT2D eigenvalue weighted by molar-refractivity contribution is 6.50. The van der Waals surface area contributed by atoms with E-state index in [0.29, 0.717) is 37.4 Å². The summed E-state index contributed by atoms with van der Waals surface area (Å²) in [6.45, 7) is 2.29. The van der Waals surface area contributed by atoms with E-state index in [9.17, 15) is 14.7 Å².